The molecule has 1 aromatic carbocycles. The summed E-state index contributed by atoms with van der Waals surface area (Å²) in [5, 5.41) is -0.354. The molecule has 6 nitrogen and oxygen atoms in total. The summed E-state index contributed by atoms with van der Waals surface area (Å²) >= 11 is 0. The van der Waals surface area contributed by atoms with Gasteiger partial charge in [0, 0.05) is 18.9 Å². The number of ketones is 2. The van der Waals surface area contributed by atoms with Crippen molar-refractivity contribution in [3.63, 3.8) is 0 Å². The van der Waals surface area contributed by atoms with E-state index in [2.05, 4.69) is 4.98 Å². The lowest BCUT2D eigenvalue weighted by molar-refractivity contribution is -0.132. The lowest BCUT2D eigenvalue weighted by atomic mass is 9.92. The van der Waals surface area contributed by atoms with Crippen molar-refractivity contribution in [1.82, 2.24) is 9.55 Å². The van der Waals surface area contributed by atoms with Crippen molar-refractivity contribution in [3.05, 3.63) is 34.3 Å². The number of nitrogens with zero attached hydrogens (tertiary/aromatic N) is 2. The van der Waals surface area contributed by atoms with E-state index in [1.807, 2.05) is 0 Å². The molecule has 2 N–H and O–H groups in total. The van der Waals surface area contributed by atoms with Gasteiger partial charge in [0.25, 0.3) is 5.56 Å². The van der Waals surface area contributed by atoms with E-state index in [1.54, 1.807) is 0 Å². The summed E-state index contributed by atoms with van der Waals surface area (Å²) in [7, 11) is 0. The first-order chi connectivity index (χ1) is 12.9. The zero-order valence-corrected chi connectivity index (χ0v) is 10.7. The molecule has 3 unspecified atom stereocenters. The van der Waals surface area contributed by atoms with Gasteiger partial charge in [-0.25, -0.2) is 4.98 Å². The second kappa shape index (κ2) is 4.80. The van der Waals surface area contributed by atoms with Gasteiger partial charge in [0.05, 0.1) is 26.1 Å². The van der Waals surface area contributed by atoms with Crippen molar-refractivity contribution in [3.8, 4) is 0 Å². The monoisotopic (exact) mass is 292 g/mol. The largest absolute Gasteiger partial charge is 0.398 e. The summed E-state index contributed by atoms with van der Waals surface area (Å²) in [6.45, 7) is -2.97. The van der Waals surface area contributed by atoms with Gasteiger partial charge in [0.2, 0.25) is 0 Å². The Morgan fingerprint density at radius 2 is 2.33 bits per heavy atom. The van der Waals surface area contributed by atoms with Crippen molar-refractivity contribution in [2.45, 2.75) is 32.1 Å². The van der Waals surface area contributed by atoms with Gasteiger partial charge in [-0.2, -0.15) is 0 Å². The van der Waals surface area contributed by atoms with E-state index in [4.69, 9.17) is 15.3 Å². The number of Topliss-reactive ketones (excluding diaryl/α,β-unsaturated/α-hetero) is 2. The maximum absolute atomic E-state index is 13.1. The van der Waals surface area contributed by atoms with Crippen LogP contribution >= 0.6 is 0 Å². The van der Waals surface area contributed by atoms with Crippen LogP contribution in [0.5, 0.6) is 0 Å². The lowest BCUT2D eigenvalue weighted by Crippen LogP contribution is -2.36. The van der Waals surface area contributed by atoms with Gasteiger partial charge >= 0.3 is 0 Å². The standard InChI is InChI=1S/C15H15N3O3/c1-8-17-11-4-2-3-10(16)14(11)15(21)18(8)12-6-5-9(19)7-13(12)20/h2-4,12H,5-7,16H2,1H3/i1D3,2D,3D,5D,6D. The van der Waals surface area contributed by atoms with Crippen LogP contribution in [0.1, 0.15) is 40.7 Å². The number of carbonyl (C=O) groups is 2. The van der Waals surface area contributed by atoms with Crippen LogP contribution < -0.4 is 11.3 Å². The van der Waals surface area contributed by atoms with Gasteiger partial charge in [-0.1, -0.05) is 6.04 Å². The van der Waals surface area contributed by atoms with Crippen LogP contribution in [0.4, 0.5) is 5.69 Å². The first-order valence-electron chi connectivity index (χ1n) is 9.74. The molecule has 3 atom stereocenters. The molecule has 0 radical (unpaired) electrons. The van der Waals surface area contributed by atoms with E-state index in [-0.39, 0.29) is 16.9 Å². The third kappa shape index (κ3) is 2.12. The minimum absolute atomic E-state index is 0.228. The third-order valence-electron chi connectivity index (χ3n) is 3.25. The molecule has 1 heterocycles. The molecule has 1 fully saturated rings. The molecule has 6 heteroatoms. The first-order valence-corrected chi connectivity index (χ1v) is 6.08. The SMILES string of the molecule is [2H]c1cc2nc(C([2H])([2H])[2H])n(C3C(=O)CC(=O)C([2H])C3[2H])c(=O)c2c(N)c1[2H]. The molecule has 0 bridgehead atoms. The number of anilines is 1. The Kier molecular flexibility index (Phi) is 1.71. The molecular formula is C15H15N3O3. The molecule has 1 aromatic heterocycles. The molecule has 3 rings (SSSR count). The van der Waals surface area contributed by atoms with Crippen LogP contribution in [0.2, 0.25) is 0 Å². The number of nitrogen functional groups attached to an aromatic ring is 1. The van der Waals surface area contributed by atoms with Crippen molar-refractivity contribution in [2.75, 3.05) is 5.73 Å². The molecule has 1 saturated carbocycles. The van der Waals surface area contributed by atoms with Crippen LogP contribution in [-0.4, -0.2) is 21.1 Å². The van der Waals surface area contributed by atoms with Crippen molar-refractivity contribution in [2.24, 2.45) is 0 Å². The first kappa shape index (κ1) is 7.49. The minimum atomic E-state index is -2.97. The zero-order valence-electron chi connectivity index (χ0n) is 17.7. The Morgan fingerprint density at radius 3 is 3.10 bits per heavy atom. The van der Waals surface area contributed by atoms with Crippen LogP contribution in [0, 0.1) is 6.85 Å². The molecule has 0 aliphatic heterocycles. The Balaban J connectivity index is 2.44. The summed E-state index contributed by atoms with van der Waals surface area (Å²) < 4.78 is 54.9. The van der Waals surface area contributed by atoms with E-state index in [9.17, 15) is 14.4 Å². The molecule has 2 aromatic rings. The summed E-state index contributed by atoms with van der Waals surface area (Å²) in [4.78, 5) is 41.2. The van der Waals surface area contributed by atoms with E-state index >= 15 is 0 Å². The van der Waals surface area contributed by atoms with Crippen LogP contribution in [0.3, 0.4) is 0 Å². The number of carbonyl (C=O) groups excluding carboxylic acids is 2. The number of fused-ring (bicyclic) bond motifs is 1. The maximum Gasteiger partial charge on any atom is 0.264 e. The Morgan fingerprint density at radius 1 is 1.52 bits per heavy atom. The van der Waals surface area contributed by atoms with E-state index in [0.29, 0.717) is 4.57 Å². The molecule has 1 aliphatic rings. The Labute approximate surface area is 130 Å². The van der Waals surface area contributed by atoms with Crippen LogP contribution in [0.15, 0.2) is 22.9 Å². The van der Waals surface area contributed by atoms with Gasteiger partial charge in [-0.3, -0.25) is 19.0 Å². The van der Waals surface area contributed by atoms with E-state index in [1.165, 1.54) is 0 Å². The third-order valence-corrected chi connectivity index (χ3v) is 3.25. The zero-order chi connectivity index (χ0) is 21.1. The predicted octanol–water partition coefficient (Wildman–Crippen LogP) is 1.15. The smallest absolute Gasteiger partial charge is 0.264 e. The fourth-order valence-corrected chi connectivity index (χ4v) is 2.28. The summed E-state index contributed by atoms with van der Waals surface area (Å²) in [5.74, 6) is -2.46. The van der Waals surface area contributed by atoms with Gasteiger partial charge in [-0.15, -0.1) is 0 Å². The molecular weight excluding hydrogens is 270 g/mol. The highest BCUT2D eigenvalue weighted by Gasteiger charge is 2.30. The number of aromatic nitrogens is 2. The normalized spacial score (nSPS) is 31.6. The minimum Gasteiger partial charge on any atom is -0.398 e. The number of hydrogen-bond acceptors (Lipinski definition) is 5. The summed E-state index contributed by atoms with van der Waals surface area (Å²) in [6.07, 6.45) is -4.04. The number of aryl methyl sites for hydroxylation is 1. The van der Waals surface area contributed by atoms with Gasteiger partial charge in [0.15, 0.2) is 5.78 Å². The molecule has 0 amide bonds. The van der Waals surface area contributed by atoms with Gasteiger partial charge in [-0.05, 0) is 25.4 Å². The molecule has 108 valence electrons. The number of hydrogen-bond donors (Lipinski definition) is 1. The average molecular weight is 292 g/mol. The second-order valence-electron chi connectivity index (χ2n) is 4.61. The molecule has 0 saturated heterocycles. The van der Waals surface area contributed by atoms with Crippen molar-refractivity contribution in [1.29, 1.82) is 0 Å². The van der Waals surface area contributed by atoms with Crippen molar-refractivity contribution < 1.29 is 19.2 Å². The Bertz CT molecular complexity index is 1080. The van der Waals surface area contributed by atoms with Gasteiger partial charge < -0.3 is 5.73 Å². The topological polar surface area (TPSA) is 95.0 Å². The van der Waals surface area contributed by atoms with Gasteiger partial charge in [0.1, 0.15) is 11.6 Å². The highest BCUT2D eigenvalue weighted by Crippen LogP contribution is 2.24. The number of rotatable bonds is 1. The van der Waals surface area contributed by atoms with E-state index < -0.39 is 66.8 Å². The fraction of sp³-hybridized carbons (Fsp3) is 0.333. The number of benzene rings is 1. The van der Waals surface area contributed by atoms with E-state index in [0.717, 1.165) is 6.07 Å². The molecule has 21 heavy (non-hydrogen) atoms. The number of nitrogens with two attached hydrogens (primary N) is 1. The molecule has 1 aliphatic carbocycles. The summed E-state index contributed by atoms with van der Waals surface area (Å²) in [6, 6.07) is -1.52. The Hall–Kier alpha value is -2.50. The summed E-state index contributed by atoms with van der Waals surface area (Å²) in [5.41, 5.74) is 4.07. The van der Waals surface area contributed by atoms with Crippen LogP contribution in [-0.2, 0) is 9.59 Å². The maximum atomic E-state index is 13.1. The fourth-order valence-electron chi connectivity index (χ4n) is 2.28. The highest BCUT2D eigenvalue weighted by molar-refractivity contribution is 6.03. The predicted molar refractivity (Wildman–Crippen MR) is 78.1 cm³/mol. The average Bonchev–Trinajstić information content (AvgIpc) is 2.58. The van der Waals surface area contributed by atoms with Crippen molar-refractivity contribution >= 4 is 28.2 Å². The lowest BCUT2D eigenvalue weighted by Gasteiger charge is -2.24. The second-order valence-corrected chi connectivity index (χ2v) is 4.61. The van der Waals surface area contributed by atoms with Crippen LogP contribution in [0.25, 0.3) is 10.9 Å². The quantitative estimate of drug-likeness (QED) is 0.628. The highest BCUT2D eigenvalue weighted by atomic mass is 16.2. The molecule has 0 spiro atoms.